The first kappa shape index (κ1) is 16.4. The van der Waals surface area contributed by atoms with Gasteiger partial charge < -0.3 is 11.0 Å². The quantitative estimate of drug-likeness (QED) is 0.356. The van der Waals surface area contributed by atoms with Crippen molar-refractivity contribution in [2.75, 3.05) is 0 Å². The monoisotopic (exact) mass is 134 g/mol. The van der Waals surface area contributed by atoms with Crippen molar-refractivity contribution in [1.29, 1.82) is 0 Å². The minimum atomic E-state index is 0. The maximum atomic E-state index is 2.08. The molecule has 0 bridgehead atoms. The van der Waals surface area contributed by atoms with E-state index in [4.69, 9.17) is 0 Å². The Morgan fingerprint density at radius 1 is 0.900 bits per heavy atom. The average molecular weight is 134 g/mol. The fourth-order valence-electron chi connectivity index (χ4n) is 0.534. The van der Waals surface area contributed by atoms with Crippen molar-refractivity contribution < 1.29 is 11.0 Å². The van der Waals surface area contributed by atoms with E-state index in [1.807, 2.05) is 18.2 Å². The van der Waals surface area contributed by atoms with Crippen molar-refractivity contribution >= 4 is 32.2 Å². The summed E-state index contributed by atoms with van der Waals surface area (Å²) in [5, 5.41) is 0. The fraction of sp³-hybridized carbons (Fsp3) is 0. The van der Waals surface area contributed by atoms with Gasteiger partial charge in [-0.25, -0.2) is 0 Å². The van der Waals surface area contributed by atoms with Gasteiger partial charge in [-0.1, -0.05) is 35.8 Å². The summed E-state index contributed by atoms with van der Waals surface area (Å²) in [5.41, 5.74) is 1.32. The number of hydrogen-bond acceptors (Lipinski definition) is 0. The average Bonchev–Trinajstić information content (AvgIpc) is 1.69. The predicted molar refractivity (Wildman–Crippen MR) is 49.0 cm³/mol. The van der Waals surface area contributed by atoms with Gasteiger partial charge >= 0.3 is 18.9 Å². The van der Waals surface area contributed by atoms with Gasteiger partial charge in [0.1, 0.15) is 7.85 Å². The van der Waals surface area contributed by atoms with Gasteiger partial charge in [-0.3, -0.25) is 0 Å². The van der Waals surface area contributed by atoms with E-state index < -0.39 is 0 Å². The molecule has 4 N–H and O–H groups in total. The third-order valence-electron chi connectivity index (χ3n) is 0.940. The van der Waals surface area contributed by atoms with Crippen molar-refractivity contribution in [3.8, 4) is 0 Å². The van der Waals surface area contributed by atoms with Crippen LogP contribution in [0.25, 0.3) is 0 Å². The second-order valence-corrected chi connectivity index (χ2v) is 1.65. The van der Waals surface area contributed by atoms with Crippen LogP contribution in [-0.4, -0.2) is 37.7 Å². The van der Waals surface area contributed by atoms with Gasteiger partial charge in [0.05, 0.1) is 0 Å². The molecule has 52 valence electrons. The van der Waals surface area contributed by atoms with Gasteiger partial charge in [-0.05, 0) is 0 Å². The van der Waals surface area contributed by atoms with Crippen LogP contribution in [-0.2, 0) is 0 Å². The number of rotatable bonds is 0. The summed E-state index contributed by atoms with van der Waals surface area (Å²) >= 11 is 0. The second kappa shape index (κ2) is 8.80. The van der Waals surface area contributed by atoms with Crippen LogP contribution in [0.4, 0.5) is 0 Å². The number of hydrogen-bond donors (Lipinski definition) is 0. The molecule has 0 aliphatic carbocycles. The van der Waals surface area contributed by atoms with Crippen molar-refractivity contribution in [2.45, 2.75) is 0 Å². The van der Waals surface area contributed by atoms with Crippen LogP contribution >= 0.6 is 0 Å². The number of benzene rings is 1. The van der Waals surface area contributed by atoms with Gasteiger partial charge in [0.15, 0.2) is 0 Å². The molecule has 1 aromatic rings. The minimum absolute atomic E-state index is 0. The molecular weight excluding hydrogens is 122 g/mol. The van der Waals surface area contributed by atoms with Crippen LogP contribution in [0.2, 0.25) is 0 Å². The molecule has 0 atom stereocenters. The second-order valence-electron chi connectivity index (χ2n) is 1.65. The molecule has 0 saturated carbocycles. The molecule has 0 radical (unpaired) electrons. The molecule has 1 rings (SSSR count). The molecule has 0 fully saturated rings. The molecule has 4 heteroatoms. The van der Waals surface area contributed by atoms with Crippen LogP contribution in [0.3, 0.4) is 0 Å². The van der Waals surface area contributed by atoms with Gasteiger partial charge in [-0.2, -0.15) is 0 Å². The SMILES string of the molecule is Bc1ccccc1.O.O.[LiH]. The van der Waals surface area contributed by atoms with E-state index in [0.29, 0.717) is 0 Å². The van der Waals surface area contributed by atoms with Crippen molar-refractivity contribution in [3.63, 3.8) is 0 Å². The summed E-state index contributed by atoms with van der Waals surface area (Å²) < 4.78 is 0. The summed E-state index contributed by atoms with van der Waals surface area (Å²) in [7, 11) is 2.08. The standard InChI is InChI=1S/C6H7B.Li.2H2O.H/c7-6-4-2-1-3-5-6;;;;/h1-5H,7H2;;2*1H2;. The zero-order chi connectivity index (χ0) is 5.11. The zero-order valence-corrected chi connectivity index (χ0v) is 5.39. The van der Waals surface area contributed by atoms with Gasteiger partial charge in [-0.15, -0.1) is 0 Å². The van der Waals surface area contributed by atoms with E-state index in [1.54, 1.807) is 0 Å². The Morgan fingerprint density at radius 3 is 1.50 bits per heavy atom. The Balaban J connectivity index is -0.000000163. The summed E-state index contributed by atoms with van der Waals surface area (Å²) in [4.78, 5) is 0. The summed E-state index contributed by atoms with van der Waals surface area (Å²) in [6.07, 6.45) is 0. The molecule has 2 nitrogen and oxygen atoms in total. The zero-order valence-electron chi connectivity index (χ0n) is 5.39. The van der Waals surface area contributed by atoms with Crippen LogP contribution in [0.5, 0.6) is 0 Å². The Bertz CT molecular complexity index is 146. The van der Waals surface area contributed by atoms with Gasteiger partial charge in [0.25, 0.3) is 0 Å². The predicted octanol–water partition coefficient (Wildman–Crippen LogP) is -2.35. The van der Waals surface area contributed by atoms with Crippen LogP contribution in [0.1, 0.15) is 0 Å². The van der Waals surface area contributed by atoms with Crippen LogP contribution in [0, 0.1) is 0 Å². The fourth-order valence-corrected chi connectivity index (χ4v) is 0.534. The first-order valence-corrected chi connectivity index (χ1v) is 2.41. The van der Waals surface area contributed by atoms with Crippen molar-refractivity contribution in [2.24, 2.45) is 0 Å². The van der Waals surface area contributed by atoms with E-state index in [1.165, 1.54) is 5.46 Å². The Labute approximate surface area is 73.8 Å². The van der Waals surface area contributed by atoms with E-state index in [9.17, 15) is 0 Å². The third kappa shape index (κ3) is 5.93. The first-order valence-electron chi connectivity index (χ1n) is 2.41. The molecule has 0 aliphatic heterocycles. The molecule has 0 amide bonds. The summed E-state index contributed by atoms with van der Waals surface area (Å²) in [5.74, 6) is 0. The van der Waals surface area contributed by atoms with Crippen LogP contribution in [0.15, 0.2) is 30.3 Å². The van der Waals surface area contributed by atoms with Crippen molar-refractivity contribution in [3.05, 3.63) is 30.3 Å². The van der Waals surface area contributed by atoms with E-state index >= 15 is 0 Å². The van der Waals surface area contributed by atoms with E-state index in [-0.39, 0.29) is 29.8 Å². The molecule has 1 aromatic carbocycles. The maximum absolute atomic E-state index is 2.08. The molecule has 10 heavy (non-hydrogen) atoms. The van der Waals surface area contributed by atoms with Gasteiger partial charge in [0, 0.05) is 0 Å². The molecule has 0 spiro atoms. The molecule has 0 aromatic heterocycles. The molecule has 0 heterocycles. The summed E-state index contributed by atoms with van der Waals surface area (Å²) in [6.45, 7) is 0. The van der Waals surface area contributed by atoms with Gasteiger partial charge in [0.2, 0.25) is 0 Å². The molecule has 0 aliphatic rings. The Kier molecular flexibility index (Phi) is 14.4. The topological polar surface area (TPSA) is 63.0 Å². The Morgan fingerprint density at radius 2 is 1.30 bits per heavy atom. The normalized spacial score (nSPS) is 6.00. The van der Waals surface area contributed by atoms with E-state index in [2.05, 4.69) is 20.0 Å². The van der Waals surface area contributed by atoms with Crippen LogP contribution < -0.4 is 5.46 Å². The molecular formula is C6H12BLiO2. The van der Waals surface area contributed by atoms with E-state index in [0.717, 1.165) is 0 Å². The first-order chi connectivity index (χ1) is 3.39. The van der Waals surface area contributed by atoms with Crippen molar-refractivity contribution in [1.82, 2.24) is 0 Å². The molecule has 0 unspecified atom stereocenters. The third-order valence-corrected chi connectivity index (χ3v) is 0.940. The Hall–Kier alpha value is -0.198. The molecule has 0 saturated heterocycles. The summed E-state index contributed by atoms with van der Waals surface area (Å²) in [6, 6.07) is 10.3.